The molecular formula is C28H38N6O3. The summed E-state index contributed by atoms with van der Waals surface area (Å²) >= 11 is 0. The maximum atomic E-state index is 12.7. The standard InChI is InChI=1S/C23H25N5O3.C5H13N/c1-14-6-7-16(22(29)27-17-8-9-17)11-20(14)28-21(24)19(13-26-28)23(30)25-12-15-4-3-5-18(10-15)31-2;1-5(2,3)4-6/h3-7,10-11,13,17H,8-9,12,24H2,1-2H3,(H,25,30)(H,27,29);4,6H2,1-3H3. The van der Waals surface area contributed by atoms with Crippen LogP contribution in [0.15, 0.2) is 48.7 Å². The number of amides is 2. The number of carbonyl (C=O) groups is 2. The molecular weight excluding hydrogens is 468 g/mol. The average Bonchev–Trinajstić information content (AvgIpc) is 3.61. The molecule has 0 atom stereocenters. The van der Waals surface area contributed by atoms with Crippen molar-refractivity contribution in [1.82, 2.24) is 20.4 Å². The van der Waals surface area contributed by atoms with E-state index in [1.54, 1.807) is 19.2 Å². The van der Waals surface area contributed by atoms with Gasteiger partial charge < -0.3 is 26.8 Å². The van der Waals surface area contributed by atoms with Gasteiger partial charge >= 0.3 is 0 Å². The van der Waals surface area contributed by atoms with Crippen LogP contribution in [-0.4, -0.2) is 41.3 Å². The van der Waals surface area contributed by atoms with Crippen molar-refractivity contribution in [3.63, 3.8) is 0 Å². The minimum atomic E-state index is -0.327. The molecule has 9 nitrogen and oxygen atoms in total. The topological polar surface area (TPSA) is 137 Å². The van der Waals surface area contributed by atoms with Gasteiger partial charge in [0.15, 0.2) is 0 Å². The number of nitrogens with zero attached hydrogens (tertiary/aromatic N) is 2. The quantitative estimate of drug-likeness (QED) is 0.386. The fourth-order valence-electron chi connectivity index (χ4n) is 3.26. The number of carbonyl (C=O) groups excluding carboxylic acids is 2. The smallest absolute Gasteiger partial charge is 0.256 e. The summed E-state index contributed by atoms with van der Waals surface area (Å²) in [7, 11) is 1.60. The molecule has 0 spiro atoms. The van der Waals surface area contributed by atoms with Crippen molar-refractivity contribution in [2.75, 3.05) is 19.4 Å². The van der Waals surface area contributed by atoms with Crippen LogP contribution in [-0.2, 0) is 6.54 Å². The first-order valence-corrected chi connectivity index (χ1v) is 12.4. The van der Waals surface area contributed by atoms with Crippen molar-refractivity contribution in [1.29, 1.82) is 0 Å². The van der Waals surface area contributed by atoms with E-state index in [2.05, 4.69) is 36.5 Å². The van der Waals surface area contributed by atoms with Gasteiger partial charge in [0.05, 0.1) is 19.0 Å². The van der Waals surface area contributed by atoms with Crippen LogP contribution in [0.4, 0.5) is 5.82 Å². The number of methoxy groups -OCH3 is 1. The van der Waals surface area contributed by atoms with Crippen molar-refractivity contribution in [3.8, 4) is 11.4 Å². The number of ether oxygens (including phenoxy) is 1. The van der Waals surface area contributed by atoms with Crippen molar-refractivity contribution < 1.29 is 14.3 Å². The predicted octanol–water partition coefficient (Wildman–Crippen LogP) is 3.58. The van der Waals surface area contributed by atoms with Crippen molar-refractivity contribution in [2.45, 2.75) is 53.1 Å². The van der Waals surface area contributed by atoms with Gasteiger partial charge in [0, 0.05) is 18.2 Å². The van der Waals surface area contributed by atoms with E-state index in [0.717, 1.165) is 36.3 Å². The van der Waals surface area contributed by atoms with Gasteiger partial charge in [-0.25, -0.2) is 4.68 Å². The number of benzene rings is 2. The maximum absolute atomic E-state index is 12.7. The molecule has 198 valence electrons. The Balaban J connectivity index is 0.000000568. The van der Waals surface area contributed by atoms with Crippen LogP contribution < -0.4 is 26.8 Å². The summed E-state index contributed by atoms with van der Waals surface area (Å²) in [5, 5.41) is 10.1. The molecule has 1 aromatic heterocycles. The van der Waals surface area contributed by atoms with Crippen LogP contribution in [0.5, 0.6) is 5.75 Å². The maximum Gasteiger partial charge on any atom is 0.256 e. The van der Waals surface area contributed by atoms with Gasteiger partial charge in [-0.15, -0.1) is 0 Å². The molecule has 1 aliphatic rings. The van der Waals surface area contributed by atoms with E-state index in [1.165, 1.54) is 10.9 Å². The number of hydrogen-bond acceptors (Lipinski definition) is 6. The van der Waals surface area contributed by atoms with Gasteiger partial charge in [0.25, 0.3) is 11.8 Å². The summed E-state index contributed by atoms with van der Waals surface area (Å²) in [6.07, 6.45) is 3.47. The third-order valence-electron chi connectivity index (χ3n) is 5.86. The molecule has 2 amide bonds. The van der Waals surface area contributed by atoms with Crippen LogP contribution in [0, 0.1) is 12.3 Å². The van der Waals surface area contributed by atoms with Gasteiger partial charge in [-0.3, -0.25) is 9.59 Å². The van der Waals surface area contributed by atoms with E-state index in [9.17, 15) is 9.59 Å². The number of rotatable bonds is 7. The fourth-order valence-corrected chi connectivity index (χ4v) is 3.26. The Hall–Kier alpha value is -3.85. The van der Waals surface area contributed by atoms with Crippen molar-refractivity contribution in [2.24, 2.45) is 11.1 Å². The Morgan fingerprint density at radius 3 is 2.46 bits per heavy atom. The summed E-state index contributed by atoms with van der Waals surface area (Å²) in [4.78, 5) is 25.1. The number of nitrogen functional groups attached to an aromatic ring is 1. The minimum Gasteiger partial charge on any atom is -0.497 e. The molecule has 0 aliphatic heterocycles. The summed E-state index contributed by atoms with van der Waals surface area (Å²) in [6, 6.07) is 13.1. The van der Waals surface area contributed by atoms with Gasteiger partial charge in [0.2, 0.25) is 0 Å². The van der Waals surface area contributed by atoms with Gasteiger partial charge in [-0.2, -0.15) is 5.10 Å². The van der Waals surface area contributed by atoms with E-state index in [-0.39, 0.29) is 29.2 Å². The second-order valence-electron chi connectivity index (χ2n) is 10.4. The summed E-state index contributed by atoms with van der Waals surface area (Å²) < 4.78 is 6.70. The van der Waals surface area contributed by atoms with E-state index in [4.69, 9.17) is 16.2 Å². The molecule has 3 aromatic rings. The zero-order chi connectivity index (χ0) is 27.2. The van der Waals surface area contributed by atoms with Crippen molar-refractivity contribution >= 4 is 17.6 Å². The molecule has 2 aromatic carbocycles. The molecule has 6 N–H and O–H groups in total. The number of nitrogens with two attached hydrogens (primary N) is 2. The first-order valence-electron chi connectivity index (χ1n) is 12.4. The first kappa shape index (κ1) is 27.7. The molecule has 0 unspecified atom stereocenters. The highest BCUT2D eigenvalue weighted by atomic mass is 16.5. The average molecular weight is 507 g/mol. The lowest BCUT2D eigenvalue weighted by Crippen LogP contribution is -2.25. The fraction of sp³-hybridized carbons (Fsp3) is 0.393. The minimum absolute atomic E-state index is 0.120. The molecule has 4 rings (SSSR count). The normalized spacial score (nSPS) is 12.8. The molecule has 0 bridgehead atoms. The third-order valence-corrected chi connectivity index (χ3v) is 5.86. The van der Waals surface area contributed by atoms with Gasteiger partial charge in [-0.1, -0.05) is 39.0 Å². The van der Waals surface area contributed by atoms with Crippen molar-refractivity contribution in [3.05, 3.63) is 70.9 Å². The van der Waals surface area contributed by atoms with Crippen LogP contribution in [0.2, 0.25) is 0 Å². The van der Waals surface area contributed by atoms with E-state index in [0.29, 0.717) is 23.2 Å². The molecule has 0 radical (unpaired) electrons. The predicted molar refractivity (Wildman–Crippen MR) is 146 cm³/mol. The molecule has 37 heavy (non-hydrogen) atoms. The summed E-state index contributed by atoms with van der Waals surface area (Å²) in [5.74, 6) is 0.490. The highest BCUT2D eigenvalue weighted by Crippen LogP contribution is 2.23. The highest BCUT2D eigenvalue weighted by molar-refractivity contribution is 5.99. The Labute approximate surface area is 218 Å². The molecule has 1 fully saturated rings. The number of hydrogen-bond donors (Lipinski definition) is 4. The molecule has 1 heterocycles. The lowest BCUT2D eigenvalue weighted by molar-refractivity contribution is 0.0943. The number of anilines is 1. The highest BCUT2D eigenvalue weighted by Gasteiger charge is 2.24. The second-order valence-corrected chi connectivity index (χ2v) is 10.4. The molecule has 0 saturated heterocycles. The Morgan fingerprint density at radius 1 is 1.14 bits per heavy atom. The number of aryl methyl sites for hydroxylation is 1. The number of aromatic nitrogens is 2. The zero-order valence-corrected chi connectivity index (χ0v) is 22.3. The SMILES string of the molecule is CC(C)(C)CN.COc1cccc(CNC(=O)c2cnn(-c3cc(C(=O)NC4CC4)ccc3C)c2N)c1. The molecule has 1 aliphatic carbocycles. The zero-order valence-electron chi connectivity index (χ0n) is 22.3. The molecule has 1 saturated carbocycles. The Bertz CT molecular complexity index is 1240. The van der Waals surface area contributed by atoms with Crippen LogP contribution in [0.1, 0.15) is 65.5 Å². The number of nitrogens with one attached hydrogen (secondary N) is 2. The van der Waals surface area contributed by atoms with E-state index < -0.39 is 0 Å². The van der Waals surface area contributed by atoms with Gasteiger partial charge in [-0.05, 0) is 67.1 Å². The largest absolute Gasteiger partial charge is 0.497 e. The van der Waals surface area contributed by atoms with E-state index in [1.807, 2.05) is 37.3 Å². The van der Waals surface area contributed by atoms with E-state index >= 15 is 0 Å². The van der Waals surface area contributed by atoms with Gasteiger partial charge in [0.1, 0.15) is 17.1 Å². The second kappa shape index (κ2) is 11.9. The molecule has 9 heteroatoms. The Kier molecular flexibility index (Phi) is 8.94. The lowest BCUT2D eigenvalue weighted by Gasteiger charge is -2.12. The summed E-state index contributed by atoms with van der Waals surface area (Å²) in [6.45, 7) is 9.36. The third kappa shape index (κ3) is 7.82. The van der Waals surface area contributed by atoms with Crippen LogP contribution >= 0.6 is 0 Å². The van der Waals surface area contributed by atoms with Crippen LogP contribution in [0.25, 0.3) is 5.69 Å². The monoisotopic (exact) mass is 506 g/mol. The first-order chi connectivity index (χ1) is 17.5. The lowest BCUT2D eigenvalue weighted by atomic mass is 9.98. The Morgan fingerprint density at radius 2 is 1.84 bits per heavy atom. The summed E-state index contributed by atoms with van der Waals surface area (Å²) in [5.41, 5.74) is 15.1. The van der Waals surface area contributed by atoms with Crippen LogP contribution in [0.3, 0.4) is 0 Å².